The first-order valence-corrected chi connectivity index (χ1v) is 7.13. The lowest BCUT2D eigenvalue weighted by Gasteiger charge is -2.15. The molecule has 0 amide bonds. The first kappa shape index (κ1) is 15.3. The third-order valence-corrected chi connectivity index (χ3v) is 3.47. The molecular formula is C16H17ClN2O2. The average molecular weight is 305 g/mol. The highest BCUT2D eigenvalue weighted by Gasteiger charge is 2.10. The van der Waals surface area contributed by atoms with Gasteiger partial charge in [0.15, 0.2) is 0 Å². The molecule has 1 aromatic heterocycles. The van der Waals surface area contributed by atoms with Crippen molar-refractivity contribution < 1.29 is 9.90 Å². The maximum absolute atomic E-state index is 10.8. The molecule has 2 rings (SSSR count). The number of hydrogen-bond acceptors (Lipinski definition) is 3. The number of anilines is 1. The Morgan fingerprint density at radius 3 is 2.71 bits per heavy atom. The van der Waals surface area contributed by atoms with Gasteiger partial charge in [-0.1, -0.05) is 41.9 Å². The molecule has 0 fully saturated rings. The summed E-state index contributed by atoms with van der Waals surface area (Å²) in [7, 11) is 0. The van der Waals surface area contributed by atoms with Crippen LogP contribution in [0.4, 0.5) is 5.82 Å². The highest BCUT2D eigenvalue weighted by molar-refractivity contribution is 6.33. The zero-order chi connectivity index (χ0) is 15.2. The molecule has 1 unspecified atom stereocenters. The molecule has 2 N–H and O–H groups in total. The average Bonchev–Trinajstić information content (AvgIpc) is 2.48. The van der Waals surface area contributed by atoms with Crippen molar-refractivity contribution in [1.29, 1.82) is 0 Å². The molecule has 1 heterocycles. The summed E-state index contributed by atoms with van der Waals surface area (Å²) in [6.07, 6.45) is 3.20. The lowest BCUT2D eigenvalue weighted by atomic mass is 10.1. The second kappa shape index (κ2) is 7.09. The van der Waals surface area contributed by atoms with E-state index in [1.54, 1.807) is 0 Å². The summed E-state index contributed by atoms with van der Waals surface area (Å²) in [6.45, 7) is 2.05. The number of halogens is 1. The number of aromatic carboxylic acids is 1. The molecule has 0 saturated heterocycles. The molecule has 0 bridgehead atoms. The topological polar surface area (TPSA) is 62.2 Å². The van der Waals surface area contributed by atoms with Gasteiger partial charge in [-0.05, 0) is 31.4 Å². The molecule has 1 atom stereocenters. The Kier molecular flexibility index (Phi) is 5.17. The largest absolute Gasteiger partial charge is 0.478 e. The second-order valence-electron chi connectivity index (χ2n) is 4.93. The Bertz CT molecular complexity index is 617. The van der Waals surface area contributed by atoms with Crippen LogP contribution in [0.15, 0.2) is 42.6 Å². The van der Waals surface area contributed by atoms with Crippen LogP contribution in [-0.4, -0.2) is 22.1 Å². The van der Waals surface area contributed by atoms with Crippen molar-refractivity contribution in [3.63, 3.8) is 0 Å². The summed E-state index contributed by atoms with van der Waals surface area (Å²) >= 11 is 6.05. The Balaban J connectivity index is 1.93. The van der Waals surface area contributed by atoms with Crippen LogP contribution in [-0.2, 0) is 6.42 Å². The van der Waals surface area contributed by atoms with Gasteiger partial charge in [-0.15, -0.1) is 0 Å². The normalized spacial score (nSPS) is 11.9. The van der Waals surface area contributed by atoms with Crippen molar-refractivity contribution in [1.82, 2.24) is 4.98 Å². The number of benzene rings is 1. The van der Waals surface area contributed by atoms with Crippen LogP contribution < -0.4 is 5.32 Å². The zero-order valence-corrected chi connectivity index (χ0v) is 12.5. The Labute approximate surface area is 128 Å². The number of carboxylic acids is 1. The highest BCUT2D eigenvalue weighted by atomic mass is 35.5. The summed E-state index contributed by atoms with van der Waals surface area (Å²) in [6, 6.07) is 11.8. The quantitative estimate of drug-likeness (QED) is 0.850. The number of hydrogen-bond donors (Lipinski definition) is 2. The zero-order valence-electron chi connectivity index (χ0n) is 11.7. The summed E-state index contributed by atoms with van der Waals surface area (Å²) < 4.78 is 0. The molecule has 2 aromatic rings. The second-order valence-corrected chi connectivity index (χ2v) is 5.34. The molecule has 1 aromatic carbocycles. The van der Waals surface area contributed by atoms with Crippen molar-refractivity contribution in [2.75, 3.05) is 5.32 Å². The molecule has 4 nitrogen and oxygen atoms in total. The molecular weight excluding hydrogens is 288 g/mol. The van der Waals surface area contributed by atoms with Gasteiger partial charge in [0.25, 0.3) is 0 Å². The van der Waals surface area contributed by atoms with E-state index < -0.39 is 5.97 Å². The Hall–Kier alpha value is -2.07. The number of carbonyl (C=O) groups is 1. The number of aromatic nitrogens is 1. The number of nitrogens with one attached hydrogen (secondary N) is 1. The van der Waals surface area contributed by atoms with Gasteiger partial charge in [0.2, 0.25) is 0 Å². The van der Waals surface area contributed by atoms with Crippen LogP contribution in [0.25, 0.3) is 0 Å². The fraction of sp³-hybridized carbons (Fsp3) is 0.250. The fourth-order valence-corrected chi connectivity index (χ4v) is 2.22. The van der Waals surface area contributed by atoms with Gasteiger partial charge in [0.1, 0.15) is 5.82 Å². The van der Waals surface area contributed by atoms with E-state index in [9.17, 15) is 4.79 Å². The minimum absolute atomic E-state index is 0.0856. The summed E-state index contributed by atoms with van der Waals surface area (Å²) in [5.41, 5.74) is 1.37. The lowest BCUT2D eigenvalue weighted by molar-refractivity contribution is 0.0696. The number of nitrogens with zero attached hydrogens (tertiary/aromatic N) is 1. The highest BCUT2D eigenvalue weighted by Crippen LogP contribution is 2.21. The van der Waals surface area contributed by atoms with E-state index in [1.807, 2.05) is 25.1 Å². The molecule has 0 aliphatic carbocycles. The van der Waals surface area contributed by atoms with Crippen LogP contribution in [0.3, 0.4) is 0 Å². The molecule has 110 valence electrons. The minimum Gasteiger partial charge on any atom is -0.478 e. The summed E-state index contributed by atoms with van der Waals surface area (Å²) in [5, 5.41) is 12.4. The molecule has 0 spiro atoms. The van der Waals surface area contributed by atoms with E-state index in [0.717, 1.165) is 12.8 Å². The third kappa shape index (κ3) is 4.46. The van der Waals surface area contributed by atoms with Crippen molar-refractivity contribution in [2.24, 2.45) is 0 Å². The summed E-state index contributed by atoms with van der Waals surface area (Å²) in [5.74, 6) is -0.518. The maximum Gasteiger partial charge on any atom is 0.337 e. The molecule has 21 heavy (non-hydrogen) atoms. The van der Waals surface area contributed by atoms with E-state index in [1.165, 1.54) is 17.8 Å². The van der Waals surface area contributed by atoms with Gasteiger partial charge < -0.3 is 10.4 Å². The Morgan fingerprint density at radius 2 is 2.10 bits per heavy atom. The molecule has 0 aliphatic rings. The monoisotopic (exact) mass is 304 g/mol. The Morgan fingerprint density at radius 1 is 1.38 bits per heavy atom. The number of carboxylic acid groups (broad SMARTS) is 1. The van der Waals surface area contributed by atoms with E-state index in [2.05, 4.69) is 22.4 Å². The first-order valence-electron chi connectivity index (χ1n) is 6.75. The fourth-order valence-electron chi connectivity index (χ4n) is 1.99. The number of pyridine rings is 1. The summed E-state index contributed by atoms with van der Waals surface area (Å²) in [4.78, 5) is 14.9. The van der Waals surface area contributed by atoms with Gasteiger partial charge >= 0.3 is 5.97 Å². The smallest absolute Gasteiger partial charge is 0.337 e. The van der Waals surface area contributed by atoms with Crippen LogP contribution in [0.1, 0.15) is 29.3 Å². The van der Waals surface area contributed by atoms with Crippen LogP contribution >= 0.6 is 11.6 Å². The van der Waals surface area contributed by atoms with Gasteiger partial charge in [-0.2, -0.15) is 0 Å². The van der Waals surface area contributed by atoms with E-state index in [4.69, 9.17) is 16.7 Å². The molecule has 0 saturated carbocycles. The van der Waals surface area contributed by atoms with Gasteiger partial charge in [0.05, 0.1) is 10.6 Å². The van der Waals surface area contributed by atoms with Gasteiger partial charge in [-0.3, -0.25) is 0 Å². The predicted molar refractivity (Wildman–Crippen MR) is 84.1 cm³/mol. The van der Waals surface area contributed by atoms with Crippen molar-refractivity contribution >= 4 is 23.4 Å². The van der Waals surface area contributed by atoms with Crippen molar-refractivity contribution in [3.8, 4) is 0 Å². The SMILES string of the molecule is CC(CCc1ccccc1)Nc1ncc(C(=O)O)cc1Cl. The van der Waals surface area contributed by atoms with E-state index >= 15 is 0 Å². The third-order valence-electron chi connectivity index (χ3n) is 3.18. The minimum atomic E-state index is -1.03. The first-order chi connectivity index (χ1) is 10.1. The lowest BCUT2D eigenvalue weighted by Crippen LogP contribution is -2.17. The predicted octanol–water partition coefficient (Wildman–Crippen LogP) is 3.87. The molecule has 0 radical (unpaired) electrons. The molecule has 0 aliphatic heterocycles. The van der Waals surface area contributed by atoms with Gasteiger partial charge in [-0.25, -0.2) is 9.78 Å². The van der Waals surface area contributed by atoms with Crippen LogP contribution in [0, 0.1) is 0 Å². The van der Waals surface area contributed by atoms with Crippen LogP contribution in [0.2, 0.25) is 5.02 Å². The maximum atomic E-state index is 10.8. The van der Waals surface area contributed by atoms with Gasteiger partial charge in [0, 0.05) is 12.2 Å². The standard InChI is InChI=1S/C16H17ClN2O2/c1-11(7-8-12-5-3-2-4-6-12)19-15-14(17)9-13(10-18-15)16(20)21/h2-6,9-11H,7-8H2,1H3,(H,18,19)(H,20,21). The number of aryl methyl sites for hydroxylation is 1. The number of rotatable bonds is 6. The van der Waals surface area contributed by atoms with Crippen molar-refractivity contribution in [3.05, 3.63) is 58.7 Å². The van der Waals surface area contributed by atoms with E-state index in [-0.39, 0.29) is 11.6 Å². The van der Waals surface area contributed by atoms with E-state index in [0.29, 0.717) is 10.8 Å². The molecule has 5 heteroatoms. The van der Waals surface area contributed by atoms with Crippen LogP contribution in [0.5, 0.6) is 0 Å². The van der Waals surface area contributed by atoms with Crippen molar-refractivity contribution in [2.45, 2.75) is 25.8 Å².